The van der Waals surface area contributed by atoms with E-state index in [0.717, 1.165) is 33.8 Å². The van der Waals surface area contributed by atoms with Crippen LogP contribution < -0.4 is 4.90 Å². The van der Waals surface area contributed by atoms with Crippen molar-refractivity contribution in [1.29, 1.82) is 0 Å². The van der Waals surface area contributed by atoms with Gasteiger partial charge in [-0.15, -0.1) is 0 Å². The summed E-state index contributed by atoms with van der Waals surface area (Å²) in [6.45, 7) is 0. The van der Waals surface area contributed by atoms with E-state index in [1.807, 2.05) is 0 Å². The number of anilines is 3. The van der Waals surface area contributed by atoms with Gasteiger partial charge in [0.05, 0.1) is 11.1 Å². The van der Waals surface area contributed by atoms with Gasteiger partial charge in [0.15, 0.2) is 0 Å². The van der Waals surface area contributed by atoms with Gasteiger partial charge in [0.2, 0.25) is 0 Å². The molecular formula is C71H49N. The highest BCUT2D eigenvalue weighted by Crippen LogP contribution is 2.58. The van der Waals surface area contributed by atoms with Crippen molar-refractivity contribution in [2.45, 2.75) is 5.41 Å². The minimum Gasteiger partial charge on any atom is -0.310 e. The highest BCUT2D eigenvalue weighted by atomic mass is 15.1. The van der Waals surface area contributed by atoms with Crippen molar-refractivity contribution in [1.82, 2.24) is 0 Å². The number of nitrogens with zero attached hydrogens (tertiary/aromatic N) is 1. The Bertz CT molecular complexity index is 3840. The predicted octanol–water partition coefficient (Wildman–Crippen LogP) is 19.0. The molecule has 1 nitrogen and oxygen atoms in total. The number of fused-ring (bicyclic) bond motifs is 4. The monoisotopic (exact) mass is 915 g/mol. The third kappa shape index (κ3) is 7.42. The molecule has 0 radical (unpaired) electrons. The lowest BCUT2D eigenvalue weighted by atomic mass is 9.67. The van der Waals surface area contributed by atoms with Crippen molar-refractivity contribution in [3.63, 3.8) is 0 Å². The maximum absolute atomic E-state index is 2.43. The molecule has 0 amide bonds. The number of hydrogen-bond donors (Lipinski definition) is 0. The molecule has 12 aromatic rings. The van der Waals surface area contributed by atoms with Gasteiger partial charge in [-0.25, -0.2) is 0 Å². The molecular weight excluding hydrogens is 867 g/mol. The molecule has 0 aromatic heterocycles. The molecule has 0 N–H and O–H groups in total. The molecule has 1 heteroatoms. The van der Waals surface area contributed by atoms with Crippen LogP contribution in [0, 0.1) is 0 Å². The summed E-state index contributed by atoms with van der Waals surface area (Å²) in [5.74, 6) is 0. The average Bonchev–Trinajstić information content (AvgIpc) is 3.78. The van der Waals surface area contributed by atoms with Crippen molar-refractivity contribution < 1.29 is 0 Å². The fourth-order valence-corrected chi connectivity index (χ4v) is 11.4. The minimum absolute atomic E-state index is 0.466. The summed E-state index contributed by atoms with van der Waals surface area (Å²) in [6.07, 6.45) is 0. The first kappa shape index (κ1) is 42.8. The molecule has 0 aliphatic heterocycles. The maximum Gasteiger partial charge on any atom is 0.0713 e. The molecule has 0 atom stereocenters. The van der Waals surface area contributed by atoms with E-state index in [0.29, 0.717) is 0 Å². The van der Waals surface area contributed by atoms with E-state index in [9.17, 15) is 0 Å². The van der Waals surface area contributed by atoms with Crippen LogP contribution >= 0.6 is 0 Å². The molecule has 0 spiro atoms. The van der Waals surface area contributed by atoms with E-state index in [2.05, 4.69) is 302 Å². The van der Waals surface area contributed by atoms with Crippen molar-refractivity contribution in [3.8, 4) is 66.8 Å². The molecule has 0 saturated heterocycles. The van der Waals surface area contributed by atoms with Gasteiger partial charge in [-0.2, -0.15) is 0 Å². The summed E-state index contributed by atoms with van der Waals surface area (Å²) in [6, 6.07) is 109. The molecule has 338 valence electrons. The first-order valence-electron chi connectivity index (χ1n) is 24.9. The zero-order chi connectivity index (χ0) is 47.8. The zero-order valence-corrected chi connectivity index (χ0v) is 39.7. The number of hydrogen-bond acceptors (Lipinski definition) is 1. The molecule has 0 unspecified atom stereocenters. The molecule has 13 rings (SSSR count). The van der Waals surface area contributed by atoms with Crippen molar-refractivity contribution >= 4 is 27.8 Å². The second kappa shape index (κ2) is 18.2. The fraction of sp³-hybridized carbons (Fsp3) is 0.0141. The summed E-state index contributed by atoms with van der Waals surface area (Å²) in [7, 11) is 0. The summed E-state index contributed by atoms with van der Waals surface area (Å²) < 4.78 is 0. The van der Waals surface area contributed by atoms with E-state index in [1.165, 1.54) is 83.1 Å². The van der Waals surface area contributed by atoms with Gasteiger partial charge in [-0.3, -0.25) is 0 Å². The highest BCUT2D eigenvalue weighted by molar-refractivity contribution is 5.97. The molecule has 12 aromatic carbocycles. The minimum atomic E-state index is -0.466. The summed E-state index contributed by atoms with van der Waals surface area (Å²) in [5, 5.41) is 2.50. The highest BCUT2D eigenvalue weighted by Gasteiger charge is 2.46. The predicted molar refractivity (Wildman–Crippen MR) is 303 cm³/mol. The van der Waals surface area contributed by atoms with Gasteiger partial charge < -0.3 is 4.90 Å². The average molecular weight is 916 g/mol. The Hall–Kier alpha value is -9.30. The smallest absolute Gasteiger partial charge is 0.0713 e. The van der Waals surface area contributed by atoms with Crippen LogP contribution in [-0.4, -0.2) is 0 Å². The van der Waals surface area contributed by atoms with Crippen LogP contribution in [0.5, 0.6) is 0 Å². The molecule has 0 heterocycles. The van der Waals surface area contributed by atoms with E-state index in [4.69, 9.17) is 0 Å². The van der Waals surface area contributed by atoms with Crippen molar-refractivity contribution in [3.05, 3.63) is 320 Å². The first-order chi connectivity index (χ1) is 35.7. The number of benzene rings is 12. The lowest BCUT2D eigenvalue weighted by Crippen LogP contribution is -2.28. The lowest BCUT2D eigenvalue weighted by molar-refractivity contribution is 0.768. The molecule has 0 fully saturated rings. The van der Waals surface area contributed by atoms with E-state index in [1.54, 1.807) is 0 Å². The van der Waals surface area contributed by atoms with E-state index < -0.39 is 5.41 Å². The maximum atomic E-state index is 2.43. The molecule has 72 heavy (non-hydrogen) atoms. The summed E-state index contributed by atoms with van der Waals surface area (Å²) >= 11 is 0. The van der Waals surface area contributed by atoms with Crippen LogP contribution in [0.3, 0.4) is 0 Å². The Morgan fingerprint density at radius 3 is 1.38 bits per heavy atom. The topological polar surface area (TPSA) is 3.24 Å². The first-order valence-corrected chi connectivity index (χ1v) is 24.9. The standard InChI is InChI=1S/C71H49N/c1-4-18-50(19-5-1)52-38-41-55(42-39-52)64-28-13-15-33-69(64)72(63-27-16-22-58(49-63)53-34-36-54(37-35-53)59-43-40-51-20-10-11-21-57(51)48-59)62-46-44-56(45-47-62)65-30-17-32-68-70(65)66-29-12-14-31-67(66)71(68,60-23-6-2-7-24-60)61-25-8-3-9-26-61/h1-49H. The van der Waals surface area contributed by atoms with Crippen LogP contribution in [0.4, 0.5) is 17.1 Å². The van der Waals surface area contributed by atoms with Crippen LogP contribution in [0.15, 0.2) is 297 Å². The van der Waals surface area contributed by atoms with E-state index >= 15 is 0 Å². The number of rotatable bonds is 10. The molecule has 1 aliphatic carbocycles. The normalized spacial score (nSPS) is 12.3. The number of para-hydroxylation sites is 1. The third-order valence-electron chi connectivity index (χ3n) is 14.8. The molecule has 0 bridgehead atoms. The third-order valence-corrected chi connectivity index (χ3v) is 14.8. The van der Waals surface area contributed by atoms with Gasteiger partial charge >= 0.3 is 0 Å². The lowest BCUT2D eigenvalue weighted by Gasteiger charge is -2.34. The van der Waals surface area contributed by atoms with Gasteiger partial charge in [-0.05, 0) is 131 Å². The van der Waals surface area contributed by atoms with Crippen molar-refractivity contribution in [2.24, 2.45) is 0 Å². The zero-order valence-electron chi connectivity index (χ0n) is 39.7. The van der Waals surface area contributed by atoms with Crippen molar-refractivity contribution in [2.75, 3.05) is 4.90 Å². The fourth-order valence-electron chi connectivity index (χ4n) is 11.4. The van der Waals surface area contributed by atoms with Gasteiger partial charge in [-0.1, -0.05) is 261 Å². The Balaban J connectivity index is 0.928. The Kier molecular flexibility index (Phi) is 10.8. The quantitative estimate of drug-likeness (QED) is 0.132. The van der Waals surface area contributed by atoms with Gasteiger partial charge in [0.1, 0.15) is 0 Å². The summed E-state index contributed by atoms with van der Waals surface area (Å²) in [5.41, 5.74) is 22.4. The van der Waals surface area contributed by atoms with Gasteiger partial charge in [0, 0.05) is 16.9 Å². The second-order valence-corrected chi connectivity index (χ2v) is 18.8. The molecule has 1 aliphatic rings. The van der Waals surface area contributed by atoms with Crippen LogP contribution in [-0.2, 0) is 5.41 Å². The van der Waals surface area contributed by atoms with Crippen LogP contribution in [0.1, 0.15) is 22.3 Å². The van der Waals surface area contributed by atoms with E-state index in [-0.39, 0.29) is 0 Å². The Morgan fingerprint density at radius 2 is 0.681 bits per heavy atom. The Labute approximate surface area is 422 Å². The van der Waals surface area contributed by atoms with Crippen LogP contribution in [0.25, 0.3) is 77.5 Å². The largest absolute Gasteiger partial charge is 0.310 e. The summed E-state index contributed by atoms with van der Waals surface area (Å²) in [4.78, 5) is 2.43. The van der Waals surface area contributed by atoms with Gasteiger partial charge in [0.25, 0.3) is 0 Å². The van der Waals surface area contributed by atoms with Crippen LogP contribution in [0.2, 0.25) is 0 Å². The Morgan fingerprint density at radius 1 is 0.236 bits per heavy atom. The second-order valence-electron chi connectivity index (χ2n) is 18.8. The molecule has 0 saturated carbocycles. The SMILES string of the molecule is c1ccc(-c2ccc(-c3ccccc3N(c3ccc(-c4cccc5c4-c4ccccc4C5(c4ccccc4)c4ccccc4)cc3)c3cccc(-c4ccc(-c5ccc6ccccc6c5)cc4)c3)cc2)cc1.